The van der Waals surface area contributed by atoms with Gasteiger partial charge in [-0.1, -0.05) is 29.3 Å². The molecule has 0 radical (unpaired) electrons. The molecule has 1 atom stereocenters. The molecule has 2 aromatic rings. The topological polar surface area (TPSA) is 80.3 Å². The second kappa shape index (κ2) is 8.10. The maximum atomic E-state index is 15.8. The lowest BCUT2D eigenvalue weighted by atomic mass is 9.90. The number of nitrogens with zero attached hydrogens (tertiary/aromatic N) is 1. The maximum Gasteiger partial charge on any atom is 0.413 e. The third-order valence-electron chi connectivity index (χ3n) is 4.17. The van der Waals surface area contributed by atoms with E-state index in [1.807, 2.05) is 0 Å². The van der Waals surface area contributed by atoms with Crippen LogP contribution in [-0.2, 0) is 17.0 Å². The zero-order valence-corrected chi connectivity index (χ0v) is 15.6. The SMILES string of the molecule is O=C1NCCC[C@@](F)(C(=O)NCc2ccc(Cl)cc2Cl)c2cccnc2O1. The summed E-state index contributed by atoms with van der Waals surface area (Å²) in [7, 11) is 0. The van der Waals surface area contributed by atoms with Gasteiger partial charge in [0.05, 0.1) is 5.56 Å². The van der Waals surface area contributed by atoms with Crippen LogP contribution in [0.4, 0.5) is 9.18 Å². The van der Waals surface area contributed by atoms with E-state index in [1.165, 1.54) is 18.3 Å². The fourth-order valence-electron chi connectivity index (χ4n) is 2.77. The van der Waals surface area contributed by atoms with Crippen LogP contribution >= 0.6 is 23.2 Å². The Balaban J connectivity index is 1.86. The summed E-state index contributed by atoms with van der Waals surface area (Å²) >= 11 is 11.9. The molecule has 0 saturated carbocycles. The lowest BCUT2D eigenvalue weighted by Gasteiger charge is -2.25. The van der Waals surface area contributed by atoms with Crippen molar-refractivity contribution in [1.82, 2.24) is 15.6 Å². The fourth-order valence-corrected chi connectivity index (χ4v) is 3.25. The summed E-state index contributed by atoms with van der Waals surface area (Å²) in [5.74, 6) is -1.10. The first-order valence-electron chi connectivity index (χ1n) is 8.22. The molecule has 1 aromatic carbocycles. The summed E-state index contributed by atoms with van der Waals surface area (Å²) in [5.41, 5.74) is -1.91. The van der Waals surface area contributed by atoms with Crippen LogP contribution in [0.25, 0.3) is 0 Å². The molecule has 2 N–H and O–H groups in total. The Hall–Kier alpha value is -2.38. The van der Waals surface area contributed by atoms with Crippen LogP contribution in [0.15, 0.2) is 36.5 Å². The molecule has 1 aliphatic rings. The number of rotatable bonds is 3. The van der Waals surface area contributed by atoms with Gasteiger partial charge in [0.25, 0.3) is 5.91 Å². The standard InChI is InChI=1S/C18H16Cl2FN3O3/c19-12-5-4-11(14(20)9-12)10-24-16(25)18(21)6-2-8-23-17(26)27-15-13(18)3-1-7-22-15/h1,3-5,7,9H,2,6,8,10H2,(H,23,26)(H,24,25)/t18-/m0/s1. The molecule has 0 unspecified atom stereocenters. The van der Waals surface area contributed by atoms with Crippen LogP contribution < -0.4 is 15.4 Å². The number of hydrogen-bond acceptors (Lipinski definition) is 4. The van der Waals surface area contributed by atoms with Crippen LogP contribution in [0.3, 0.4) is 0 Å². The molecule has 0 saturated heterocycles. The number of benzene rings is 1. The highest BCUT2D eigenvalue weighted by atomic mass is 35.5. The molecule has 1 aliphatic heterocycles. The van der Waals surface area contributed by atoms with Crippen LogP contribution in [0.2, 0.25) is 10.0 Å². The smallest absolute Gasteiger partial charge is 0.391 e. The molecule has 1 aromatic heterocycles. The number of carbonyl (C=O) groups is 2. The lowest BCUT2D eigenvalue weighted by Crippen LogP contribution is -2.41. The molecule has 2 amide bonds. The zero-order chi connectivity index (χ0) is 19.4. The van der Waals surface area contributed by atoms with Crippen LogP contribution in [0, 0.1) is 0 Å². The normalized spacial score (nSPS) is 19.6. The van der Waals surface area contributed by atoms with E-state index in [2.05, 4.69) is 15.6 Å². The van der Waals surface area contributed by atoms with Crippen molar-refractivity contribution in [2.45, 2.75) is 25.1 Å². The average Bonchev–Trinajstić information content (AvgIpc) is 2.70. The van der Waals surface area contributed by atoms with Gasteiger partial charge in [-0.3, -0.25) is 4.79 Å². The second-order valence-corrected chi connectivity index (χ2v) is 6.84. The van der Waals surface area contributed by atoms with E-state index in [-0.39, 0.29) is 37.4 Å². The van der Waals surface area contributed by atoms with Gasteiger partial charge in [-0.05, 0) is 42.7 Å². The summed E-state index contributed by atoms with van der Waals surface area (Å²) in [6.45, 7) is 0.197. The van der Waals surface area contributed by atoms with E-state index >= 15 is 4.39 Å². The highest BCUT2D eigenvalue weighted by molar-refractivity contribution is 6.35. The van der Waals surface area contributed by atoms with Gasteiger partial charge >= 0.3 is 6.09 Å². The third kappa shape index (κ3) is 4.31. The van der Waals surface area contributed by atoms with Crippen molar-refractivity contribution >= 4 is 35.2 Å². The number of nitrogens with one attached hydrogen (secondary N) is 2. The van der Waals surface area contributed by atoms with E-state index in [4.69, 9.17) is 27.9 Å². The van der Waals surface area contributed by atoms with E-state index in [9.17, 15) is 9.59 Å². The molecule has 0 aliphatic carbocycles. The second-order valence-electron chi connectivity index (χ2n) is 6.00. The minimum atomic E-state index is -2.41. The molecular weight excluding hydrogens is 396 g/mol. The van der Waals surface area contributed by atoms with Gasteiger partial charge in [-0.2, -0.15) is 0 Å². The number of halogens is 3. The number of aromatic nitrogens is 1. The van der Waals surface area contributed by atoms with E-state index < -0.39 is 17.7 Å². The number of amides is 2. The number of pyridine rings is 1. The van der Waals surface area contributed by atoms with Crippen LogP contribution in [0.5, 0.6) is 5.88 Å². The largest absolute Gasteiger partial charge is 0.413 e. The van der Waals surface area contributed by atoms with Gasteiger partial charge in [-0.15, -0.1) is 0 Å². The molecule has 6 nitrogen and oxygen atoms in total. The Morgan fingerprint density at radius 1 is 1.37 bits per heavy atom. The summed E-state index contributed by atoms with van der Waals surface area (Å²) in [5, 5.41) is 5.87. The molecule has 3 rings (SSSR count). The maximum absolute atomic E-state index is 15.8. The molecule has 0 bridgehead atoms. The van der Waals surface area contributed by atoms with E-state index in [0.717, 1.165) is 0 Å². The Labute approximate surface area is 165 Å². The molecule has 0 fully saturated rings. The molecule has 9 heteroatoms. The number of alkyl halides is 1. The zero-order valence-electron chi connectivity index (χ0n) is 14.1. The first kappa shape index (κ1) is 19.4. The molecule has 142 valence electrons. The molecular formula is C18H16Cl2FN3O3. The Morgan fingerprint density at radius 3 is 2.96 bits per heavy atom. The van der Waals surface area contributed by atoms with Crippen molar-refractivity contribution in [2.75, 3.05) is 6.54 Å². The van der Waals surface area contributed by atoms with Gasteiger partial charge in [0.15, 0.2) is 0 Å². The van der Waals surface area contributed by atoms with Crippen LogP contribution in [-0.4, -0.2) is 23.5 Å². The quantitative estimate of drug-likeness (QED) is 0.805. The van der Waals surface area contributed by atoms with Gasteiger partial charge in [0.1, 0.15) is 0 Å². The van der Waals surface area contributed by atoms with Crippen molar-refractivity contribution in [2.24, 2.45) is 0 Å². The fraction of sp³-hybridized carbons (Fsp3) is 0.278. The predicted octanol–water partition coefficient (Wildman–Crippen LogP) is 3.75. The summed E-state index contributed by atoms with van der Waals surface area (Å²) in [6.07, 6.45) is 0.716. The molecule has 27 heavy (non-hydrogen) atoms. The molecule has 2 heterocycles. The minimum absolute atomic E-state index is 0.0220. The number of hydrogen-bond donors (Lipinski definition) is 2. The van der Waals surface area contributed by atoms with Crippen molar-refractivity contribution in [3.63, 3.8) is 0 Å². The minimum Gasteiger partial charge on any atom is -0.391 e. The van der Waals surface area contributed by atoms with Crippen molar-refractivity contribution < 1.29 is 18.7 Å². The van der Waals surface area contributed by atoms with Gasteiger partial charge in [0, 0.05) is 29.3 Å². The van der Waals surface area contributed by atoms with Gasteiger partial charge in [0.2, 0.25) is 11.5 Å². The van der Waals surface area contributed by atoms with Crippen molar-refractivity contribution in [3.05, 3.63) is 57.7 Å². The van der Waals surface area contributed by atoms with E-state index in [0.29, 0.717) is 15.6 Å². The highest BCUT2D eigenvalue weighted by Gasteiger charge is 2.43. The Morgan fingerprint density at radius 2 is 2.19 bits per heavy atom. The van der Waals surface area contributed by atoms with E-state index in [1.54, 1.807) is 18.2 Å². The number of ether oxygens (including phenoxy) is 1. The number of fused-ring (bicyclic) bond motifs is 1. The highest BCUT2D eigenvalue weighted by Crippen LogP contribution is 2.37. The van der Waals surface area contributed by atoms with Gasteiger partial charge in [-0.25, -0.2) is 14.2 Å². The average molecular weight is 412 g/mol. The van der Waals surface area contributed by atoms with Gasteiger partial charge < -0.3 is 15.4 Å². The number of carbonyl (C=O) groups excluding carboxylic acids is 2. The first-order valence-corrected chi connectivity index (χ1v) is 8.98. The summed E-state index contributed by atoms with van der Waals surface area (Å²) < 4.78 is 20.9. The lowest BCUT2D eigenvalue weighted by molar-refractivity contribution is -0.134. The summed E-state index contributed by atoms with van der Waals surface area (Å²) in [4.78, 5) is 28.3. The van der Waals surface area contributed by atoms with Crippen molar-refractivity contribution in [3.8, 4) is 5.88 Å². The predicted molar refractivity (Wildman–Crippen MR) is 98.6 cm³/mol. The Bertz CT molecular complexity index is 881. The third-order valence-corrected chi connectivity index (χ3v) is 4.76. The van der Waals surface area contributed by atoms with Crippen molar-refractivity contribution in [1.29, 1.82) is 0 Å². The molecule has 0 spiro atoms. The van der Waals surface area contributed by atoms with Crippen LogP contribution in [0.1, 0.15) is 24.0 Å². The first-order chi connectivity index (χ1) is 12.9. The monoisotopic (exact) mass is 411 g/mol. The Kier molecular flexibility index (Phi) is 5.82. The summed E-state index contributed by atoms with van der Waals surface area (Å²) in [6, 6.07) is 7.69.